The Morgan fingerprint density at radius 1 is 1.35 bits per heavy atom. The van der Waals surface area contributed by atoms with Crippen LogP contribution in [0.1, 0.15) is 45.6 Å². The summed E-state index contributed by atoms with van der Waals surface area (Å²) in [5.74, 6) is -0.568. The molecule has 23 heavy (non-hydrogen) atoms. The highest BCUT2D eigenvalue weighted by atomic mass is 19.1. The van der Waals surface area contributed by atoms with E-state index in [0.717, 1.165) is 12.0 Å². The first-order valence-electron chi connectivity index (χ1n) is 8.24. The zero-order chi connectivity index (χ0) is 17.0. The van der Waals surface area contributed by atoms with Gasteiger partial charge in [-0.15, -0.1) is 0 Å². The maximum atomic E-state index is 13.6. The van der Waals surface area contributed by atoms with Gasteiger partial charge in [-0.1, -0.05) is 18.6 Å². The van der Waals surface area contributed by atoms with Crippen LogP contribution in [0.3, 0.4) is 0 Å². The Kier molecular flexibility index (Phi) is 5.39. The largest absolute Gasteiger partial charge is 0.352 e. The lowest BCUT2D eigenvalue weighted by Crippen LogP contribution is -2.53. The maximum Gasteiger partial charge on any atom is 0.239 e. The van der Waals surface area contributed by atoms with Crippen molar-refractivity contribution in [3.05, 3.63) is 35.6 Å². The summed E-state index contributed by atoms with van der Waals surface area (Å²) in [7, 11) is 0. The minimum Gasteiger partial charge on any atom is -0.352 e. The Bertz CT molecular complexity index is 582. The molecule has 0 radical (unpaired) electrons. The number of halogens is 1. The molecule has 0 atom stereocenters. The van der Waals surface area contributed by atoms with E-state index in [1.165, 1.54) is 12.1 Å². The van der Waals surface area contributed by atoms with E-state index in [9.17, 15) is 14.0 Å². The van der Waals surface area contributed by atoms with Gasteiger partial charge in [-0.2, -0.15) is 0 Å². The van der Waals surface area contributed by atoms with Crippen molar-refractivity contribution in [1.29, 1.82) is 0 Å². The standard InChI is InChI=1S/C18H25FN2O2/c1-4-21(12-16(22)20-13(2)3)17(23)18(9-6-10-18)14-7-5-8-15(19)11-14/h5,7-8,11,13H,4,6,9-10,12H2,1-3H3,(H,20,22). The molecule has 1 aliphatic rings. The van der Waals surface area contributed by atoms with E-state index in [1.54, 1.807) is 11.0 Å². The molecular weight excluding hydrogens is 295 g/mol. The smallest absolute Gasteiger partial charge is 0.239 e. The van der Waals surface area contributed by atoms with Crippen molar-refractivity contribution in [2.75, 3.05) is 13.1 Å². The van der Waals surface area contributed by atoms with Crippen LogP contribution in [0.25, 0.3) is 0 Å². The zero-order valence-corrected chi connectivity index (χ0v) is 14.1. The molecule has 0 aliphatic heterocycles. The number of hydrogen-bond acceptors (Lipinski definition) is 2. The van der Waals surface area contributed by atoms with E-state index in [2.05, 4.69) is 5.32 Å². The quantitative estimate of drug-likeness (QED) is 0.876. The first-order chi connectivity index (χ1) is 10.9. The van der Waals surface area contributed by atoms with Crippen molar-refractivity contribution < 1.29 is 14.0 Å². The monoisotopic (exact) mass is 320 g/mol. The molecule has 4 nitrogen and oxygen atoms in total. The Hall–Kier alpha value is -1.91. The summed E-state index contributed by atoms with van der Waals surface area (Å²) in [5, 5.41) is 2.81. The minimum atomic E-state index is -0.670. The van der Waals surface area contributed by atoms with E-state index < -0.39 is 5.41 Å². The highest BCUT2D eigenvalue weighted by Crippen LogP contribution is 2.45. The topological polar surface area (TPSA) is 49.4 Å². The van der Waals surface area contributed by atoms with Crippen LogP contribution >= 0.6 is 0 Å². The third kappa shape index (κ3) is 3.71. The number of carbonyl (C=O) groups excluding carboxylic acids is 2. The molecule has 126 valence electrons. The SMILES string of the molecule is CCN(CC(=O)NC(C)C)C(=O)C1(c2cccc(F)c2)CCC1. The van der Waals surface area contributed by atoms with Gasteiger partial charge in [-0.3, -0.25) is 9.59 Å². The predicted octanol–water partition coefficient (Wildman–Crippen LogP) is 2.62. The molecule has 1 N–H and O–H groups in total. The lowest BCUT2D eigenvalue weighted by molar-refractivity contribution is -0.143. The van der Waals surface area contributed by atoms with E-state index >= 15 is 0 Å². The van der Waals surface area contributed by atoms with Crippen molar-refractivity contribution in [3.63, 3.8) is 0 Å². The number of nitrogens with one attached hydrogen (secondary N) is 1. The fourth-order valence-electron chi connectivity index (χ4n) is 3.11. The molecule has 0 spiro atoms. The van der Waals surface area contributed by atoms with Gasteiger partial charge < -0.3 is 10.2 Å². The van der Waals surface area contributed by atoms with Crippen LogP contribution in [-0.4, -0.2) is 35.8 Å². The summed E-state index contributed by atoms with van der Waals surface area (Å²) in [6.45, 7) is 6.14. The van der Waals surface area contributed by atoms with Crippen molar-refractivity contribution in [3.8, 4) is 0 Å². The lowest BCUT2D eigenvalue weighted by Gasteiger charge is -2.43. The molecule has 2 rings (SSSR count). The Balaban J connectivity index is 2.19. The van der Waals surface area contributed by atoms with Gasteiger partial charge in [0.1, 0.15) is 5.82 Å². The molecule has 5 heteroatoms. The molecule has 1 fully saturated rings. The van der Waals surface area contributed by atoms with Crippen LogP contribution in [0.15, 0.2) is 24.3 Å². The van der Waals surface area contributed by atoms with E-state index in [-0.39, 0.29) is 30.2 Å². The normalized spacial score (nSPS) is 15.9. The van der Waals surface area contributed by atoms with Gasteiger partial charge in [0.2, 0.25) is 11.8 Å². The van der Waals surface area contributed by atoms with Crippen molar-refractivity contribution in [1.82, 2.24) is 10.2 Å². The van der Waals surface area contributed by atoms with Gasteiger partial charge in [-0.25, -0.2) is 4.39 Å². The molecule has 0 aromatic heterocycles. The zero-order valence-electron chi connectivity index (χ0n) is 14.1. The molecule has 0 heterocycles. The highest BCUT2D eigenvalue weighted by molar-refractivity contribution is 5.92. The number of carbonyl (C=O) groups is 2. The number of hydrogen-bond donors (Lipinski definition) is 1. The summed E-state index contributed by atoms with van der Waals surface area (Å²) in [6, 6.07) is 6.31. The van der Waals surface area contributed by atoms with Gasteiger partial charge in [0.05, 0.1) is 12.0 Å². The third-order valence-electron chi connectivity index (χ3n) is 4.45. The number of likely N-dealkylation sites (N-methyl/N-ethyl adjacent to an activating group) is 1. The number of nitrogens with zero attached hydrogens (tertiary/aromatic N) is 1. The highest BCUT2D eigenvalue weighted by Gasteiger charge is 2.47. The van der Waals surface area contributed by atoms with Crippen molar-refractivity contribution in [2.45, 2.75) is 51.5 Å². The first-order valence-corrected chi connectivity index (χ1v) is 8.24. The average molecular weight is 320 g/mol. The molecule has 2 amide bonds. The summed E-state index contributed by atoms with van der Waals surface area (Å²) in [6.07, 6.45) is 2.35. The third-order valence-corrected chi connectivity index (χ3v) is 4.45. The summed E-state index contributed by atoms with van der Waals surface area (Å²) in [5.41, 5.74) is 0.0485. The lowest BCUT2D eigenvalue weighted by atomic mass is 9.63. The van der Waals surface area contributed by atoms with Crippen LogP contribution in [0, 0.1) is 5.82 Å². The summed E-state index contributed by atoms with van der Waals surface area (Å²) >= 11 is 0. The number of rotatable bonds is 6. The van der Waals surface area contributed by atoms with Crippen molar-refractivity contribution in [2.24, 2.45) is 0 Å². The van der Waals surface area contributed by atoms with Gasteiger partial charge in [0.25, 0.3) is 0 Å². The average Bonchev–Trinajstić information content (AvgIpc) is 2.42. The van der Waals surface area contributed by atoms with Crippen LogP contribution in [-0.2, 0) is 15.0 Å². The Morgan fingerprint density at radius 3 is 2.52 bits per heavy atom. The minimum absolute atomic E-state index is 0.0391. The molecule has 0 saturated heterocycles. The van der Waals surface area contributed by atoms with Crippen LogP contribution in [0.2, 0.25) is 0 Å². The van der Waals surface area contributed by atoms with Gasteiger partial charge >= 0.3 is 0 Å². The van der Waals surface area contributed by atoms with Crippen LogP contribution < -0.4 is 5.32 Å². The Morgan fingerprint density at radius 2 is 2.04 bits per heavy atom. The van der Waals surface area contributed by atoms with E-state index in [1.807, 2.05) is 26.8 Å². The van der Waals surface area contributed by atoms with Crippen LogP contribution in [0.4, 0.5) is 4.39 Å². The second-order valence-electron chi connectivity index (χ2n) is 6.49. The molecule has 1 aromatic rings. The number of benzene rings is 1. The van der Waals surface area contributed by atoms with Crippen molar-refractivity contribution >= 4 is 11.8 Å². The van der Waals surface area contributed by atoms with Crippen LogP contribution in [0.5, 0.6) is 0 Å². The fraction of sp³-hybridized carbons (Fsp3) is 0.556. The predicted molar refractivity (Wildman–Crippen MR) is 87.5 cm³/mol. The maximum absolute atomic E-state index is 13.6. The number of amides is 2. The fourth-order valence-corrected chi connectivity index (χ4v) is 3.11. The summed E-state index contributed by atoms with van der Waals surface area (Å²) in [4.78, 5) is 26.6. The second kappa shape index (κ2) is 7.11. The molecular formula is C18H25FN2O2. The molecule has 0 unspecified atom stereocenters. The van der Waals surface area contributed by atoms with Gasteiger partial charge in [0, 0.05) is 12.6 Å². The molecule has 1 aliphatic carbocycles. The summed E-state index contributed by atoms with van der Waals surface area (Å²) < 4.78 is 13.6. The Labute approximate surface area is 137 Å². The molecule has 1 saturated carbocycles. The molecule has 0 bridgehead atoms. The molecule has 1 aromatic carbocycles. The van der Waals surface area contributed by atoms with Gasteiger partial charge in [-0.05, 0) is 51.3 Å². The first kappa shape index (κ1) is 17.4. The van der Waals surface area contributed by atoms with E-state index in [4.69, 9.17) is 0 Å². The van der Waals surface area contributed by atoms with E-state index in [0.29, 0.717) is 19.4 Å². The second-order valence-corrected chi connectivity index (χ2v) is 6.49. The van der Waals surface area contributed by atoms with Gasteiger partial charge in [0.15, 0.2) is 0 Å².